The minimum Gasteiger partial charge on any atom is -0.497 e. The summed E-state index contributed by atoms with van der Waals surface area (Å²) < 4.78 is 16.1. The van der Waals surface area contributed by atoms with E-state index >= 15 is 0 Å². The van der Waals surface area contributed by atoms with E-state index in [1.54, 1.807) is 56.5 Å². The molecule has 0 aromatic heterocycles. The molecule has 0 aliphatic heterocycles. The van der Waals surface area contributed by atoms with Gasteiger partial charge < -0.3 is 19.5 Å². The van der Waals surface area contributed by atoms with Crippen molar-refractivity contribution in [3.63, 3.8) is 0 Å². The van der Waals surface area contributed by atoms with E-state index in [9.17, 15) is 9.59 Å². The Labute approximate surface area is 187 Å². The fourth-order valence-electron chi connectivity index (χ4n) is 2.67. The second-order valence-electron chi connectivity index (χ2n) is 6.68. The quantitative estimate of drug-likeness (QED) is 0.319. The Morgan fingerprint density at radius 3 is 2.56 bits per heavy atom. The van der Waals surface area contributed by atoms with Crippen LogP contribution in [0, 0.1) is 12.3 Å². The van der Waals surface area contributed by atoms with Crippen LogP contribution in [-0.4, -0.2) is 44.4 Å². The molecule has 1 atom stereocenters. The van der Waals surface area contributed by atoms with E-state index < -0.39 is 11.9 Å². The summed E-state index contributed by atoms with van der Waals surface area (Å²) in [6, 6.07) is 11.6. The Balaban J connectivity index is 1.88. The zero-order valence-electron chi connectivity index (χ0n) is 18.4. The van der Waals surface area contributed by atoms with Crippen LogP contribution in [0.2, 0.25) is 0 Å². The number of nitrogens with zero attached hydrogens (tertiary/aromatic N) is 1. The monoisotopic (exact) mass is 437 g/mol. The molecule has 168 valence electrons. The van der Waals surface area contributed by atoms with Crippen molar-refractivity contribution in [3.05, 3.63) is 53.6 Å². The molecular formula is C24H27N3O5. The van der Waals surface area contributed by atoms with Crippen LogP contribution in [0.3, 0.4) is 0 Å². The van der Waals surface area contributed by atoms with Gasteiger partial charge in [-0.05, 0) is 55.3 Å². The predicted octanol–water partition coefficient (Wildman–Crippen LogP) is 2.30. The first-order valence-electron chi connectivity index (χ1n) is 10.0. The number of amides is 2. The van der Waals surface area contributed by atoms with Crippen molar-refractivity contribution in [2.45, 2.75) is 26.3 Å². The second kappa shape index (κ2) is 12.6. The van der Waals surface area contributed by atoms with Crippen LogP contribution in [0.15, 0.2) is 47.6 Å². The minimum absolute atomic E-state index is 0.131. The highest BCUT2D eigenvalue weighted by Gasteiger charge is 2.15. The van der Waals surface area contributed by atoms with Crippen LogP contribution in [0.1, 0.15) is 25.0 Å². The van der Waals surface area contributed by atoms with Crippen molar-refractivity contribution >= 4 is 18.0 Å². The Kier molecular flexibility index (Phi) is 9.60. The van der Waals surface area contributed by atoms with Crippen LogP contribution in [0.5, 0.6) is 17.2 Å². The molecule has 0 aliphatic carbocycles. The van der Waals surface area contributed by atoms with Crippen molar-refractivity contribution in [2.75, 3.05) is 20.3 Å². The molecule has 0 saturated carbocycles. The number of terminal acetylenes is 1. The topological polar surface area (TPSA) is 98.2 Å². The molecule has 2 aromatic carbocycles. The van der Waals surface area contributed by atoms with Gasteiger partial charge in [-0.3, -0.25) is 9.59 Å². The van der Waals surface area contributed by atoms with Gasteiger partial charge in [-0.2, -0.15) is 5.10 Å². The standard InChI is InChI=1S/C24H27N3O5/c1-5-13-32-21-12-9-19(14-22(21)31-6-2)16-25-27-24(29)17(3)26-23(28)15-18-7-10-20(30-4)11-8-18/h1,7-12,14,16-17H,6,13,15H2,2-4H3,(H,26,28)(H,27,29). The molecule has 0 heterocycles. The third-order valence-corrected chi connectivity index (χ3v) is 4.26. The Bertz CT molecular complexity index is 980. The first-order valence-corrected chi connectivity index (χ1v) is 10.0. The Morgan fingerprint density at radius 1 is 1.16 bits per heavy atom. The van der Waals surface area contributed by atoms with Crippen LogP contribution in [0.25, 0.3) is 0 Å². The molecule has 0 saturated heterocycles. The van der Waals surface area contributed by atoms with Gasteiger partial charge in [0.05, 0.1) is 26.4 Å². The minimum atomic E-state index is -0.753. The Hall–Kier alpha value is -3.99. The van der Waals surface area contributed by atoms with Crippen molar-refractivity contribution in [3.8, 4) is 29.6 Å². The summed E-state index contributed by atoms with van der Waals surface area (Å²) in [5, 5.41) is 6.60. The lowest BCUT2D eigenvalue weighted by molar-refractivity contribution is -0.128. The van der Waals surface area contributed by atoms with E-state index in [1.807, 2.05) is 6.92 Å². The lowest BCUT2D eigenvalue weighted by Gasteiger charge is -2.12. The van der Waals surface area contributed by atoms with Gasteiger partial charge in [0, 0.05) is 0 Å². The van der Waals surface area contributed by atoms with E-state index in [1.165, 1.54) is 6.21 Å². The number of ether oxygens (including phenoxy) is 3. The molecular weight excluding hydrogens is 410 g/mol. The molecule has 32 heavy (non-hydrogen) atoms. The van der Waals surface area contributed by atoms with E-state index in [2.05, 4.69) is 21.8 Å². The lowest BCUT2D eigenvalue weighted by Crippen LogP contribution is -2.43. The van der Waals surface area contributed by atoms with Gasteiger partial charge in [-0.1, -0.05) is 18.1 Å². The van der Waals surface area contributed by atoms with Gasteiger partial charge in [-0.25, -0.2) is 5.43 Å². The number of nitrogens with one attached hydrogen (secondary N) is 2. The summed E-state index contributed by atoms with van der Waals surface area (Å²) in [5.41, 5.74) is 3.92. The maximum absolute atomic E-state index is 12.2. The normalized spacial score (nSPS) is 11.3. The van der Waals surface area contributed by atoms with E-state index in [-0.39, 0.29) is 18.9 Å². The zero-order valence-corrected chi connectivity index (χ0v) is 18.4. The Morgan fingerprint density at radius 2 is 1.91 bits per heavy atom. The smallest absolute Gasteiger partial charge is 0.262 e. The molecule has 0 radical (unpaired) electrons. The SMILES string of the molecule is C#CCOc1ccc(C=NNC(=O)C(C)NC(=O)Cc2ccc(OC)cc2)cc1OCC. The molecule has 8 heteroatoms. The summed E-state index contributed by atoms with van der Waals surface area (Å²) in [6.45, 7) is 4.03. The molecule has 1 unspecified atom stereocenters. The number of hydrogen-bond acceptors (Lipinski definition) is 6. The summed E-state index contributed by atoms with van der Waals surface area (Å²) in [7, 11) is 1.58. The summed E-state index contributed by atoms with van der Waals surface area (Å²) >= 11 is 0. The lowest BCUT2D eigenvalue weighted by atomic mass is 10.1. The van der Waals surface area contributed by atoms with Crippen LogP contribution < -0.4 is 25.0 Å². The maximum atomic E-state index is 12.2. The highest BCUT2D eigenvalue weighted by atomic mass is 16.5. The largest absolute Gasteiger partial charge is 0.497 e. The molecule has 0 bridgehead atoms. The molecule has 0 fully saturated rings. The number of carbonyl (C=O) groups excluding carboxylic acids is 2. The molecule has 2 aromatic rings. The van der Waals surface area contributed by atoms with Crippen molar-refractivity contribution < 1.29 is 23.8 Å². The molecule has 2 rings (SSSR count). The van der Waals surface area contributed by atoms with Crippen molar-refractivity contribution in [2.24, 2.45) is 5.10 Å². The van der Waals surface area contributed by atoms with Gasteiger partial charge in [0.25, 0.3) is 5.91 Å². The molecule has 0 aliphatic rings. The molecule has 0 spiro atoms. The first kappa shape index (κ1) is 24.3. The van der Waals surface area contributed by atoms with Crippen LogP contribution in [0.4, 0.5) is 0 Å². The average molecular weight is 437 g/mol. The number of carbonyl (C=O) groups is 2. The number of methoxy groups -OCH3 is 1. The summed E-state index contributed by atoms with van der Waals surface area (Å²) in [4.78, 5) is 24.4. The maximum Gasteiger partial charge on any atom is 0.262 e. The average Bonchev–Trinajstić information content (AvgIpc) is 2.79. The van der Waals surface area contributed by atoms with Crippen molar-refractivity contribution in [1.82, 2.24) is 10.7 Å². The number of hydrazone groups is 1. The second-order valence-corrected chi connectivity index (χ2v) is 6.68. The molecule has 2 amide bonds. The zero-order chi connectivity index (χ0) is 23.3. The third-order valence-electron chi connectivity index (χ3n) is 4.26. The fourth-order valence-corrected chi connectivity index (χ4v) is 2.67. The van der Waals surface area contributed by atoms with E-state index in [0.717, 1.165) is 5.56 Å². The number of hydrogen-bond donors (Lipinski definition) is 2. The van der Waals surface area contributed by atoms with E-state index in [0.29, 0.717) is 29.4 Å². The highest BCUT2D eigenvalue weighted by Crippen LogP contribution is 2.27. The van der Waals surface area contributed by atoms with E-state index in [4.69, 9.17) is 20.6 Å². The van der Waals surface area contributed by atoms with Crippen LogP contribution in [-0.2, 0) is 16.0 Å². The van der Waals surface area contributed by atoms with Gasteiger partial charge in [0.15, 0.2) is 11.5 Å². The first-order chi connectivity index (χ1) is 15.5. The summed E-state index contributed by atoms with van der Waals surface area (Å²) in [6.07, 6.45) is 6.84. The van der Waals surface area contributed by atoms with Gasteiger partial charge >= 0.3 is 0 Å². The molecule has 8 nitrogen and oxygen atoms in total. The molecule has 2 N–H and O–H groups in total. The number of benzene rings is 2. The van der Waals surface area contributed by atoms with Crippen molar-refractivity contribution in [1.29, 1.82) is 0 Å². The third kappa shape index (κ3) is 7.69. The van der Waals surface area contributed by atoms with Crippen LogP contribution >= 0.6 is 0 Å². The van der Waals surface area contributed by atoms with Gasteiger partial charge in [0.2, 0.25) is 5.91 Å². The fraction of sp³-hybridized carbons (Fsp3) is 0.292. The highest BCUT2D eigenvalue weighted by molar-refractivity contribution is 5.89. The summed E-state index contributed by atoms with van der Waals surface area (Å²) in [5.74, 6) is 3.45. The van der Waals surface area contributed by atoms with Gasteiger partial charge in [0.1, 0.15) is 18.4 Å². The number of rotatable bonds is 11. The van der Waals surface area contributed by atoms with Gasteiger partial charge in [-0.15, -0.1) is 6.42 Å². The predicted molar refractivity (Wildman–Crippen MR) is 122 cm³/mol.